The van der Waals surface area contributed by atoms with E-state index >= 15 is 0 Å². The van der Waals surface area contributed by atoms with Gasteiger partial charge in [-0.1, -0.05) is 59.9 Å². The van der Waals surface area contributed by atoms with Crippen LogP contribution in [-0.2, 0) is 12.0 Å². The molecular weight excluding hydrogens is 473 g/mol. The maximum Gasteiger partial charge on any atom is 0.319 e. The molecule has 0 saturated carbocycles. The van der Waals surface area contributed by atoms with Crippen LogP contribution in [0.5, 0.6) is 0 Å². The summed E-state index contributed by atoms with van der Waals surface area (Å²) in [4.78, 5) is 19.6. The number of piperidine rings is 1. The summed E-state index contributed by atoms with van der Waals surface area (Å²) in [6.07, 6.45) is 2.57. The van der Waals surface area contributed by atoms with Gasteiger partial charge in [0.2, 0.25) is 0 Å². The van der Waals surface area contributed by atoms with Crippen LogP contribution < -0.4 is 16.0 Å². The van der Waals surface area contributed by atoms with Crippen molar-refractivity contribution in [1.29, 1.82) is 0 Å². The van der Waals surface area contributed by atoms with Crippen LogP contribution in [0, 0.1) is 5.82 Å². The molecule has 2 amide bonds. The minimum atomic E-state index is -0.325. The molecule has 1 atom stereocenters. The van der Waals surface area contributed by atoms with Crippen molar-refractivity contribution in [3.8, 4) is 0 Å². The monoisotopic (exact) mass is 501 g/mol. The molecule has 0 aliphatic carbocycles. The second-order valence-corrected chi connectivity index (χ2v) is 10.7. The van der Waals surface area contributed by atoms with Crippen molar-refractivity contribution < 1.29 is 9.18 Å². The fourth-order valence-corrected chi connectivity index (χ4v) is 6.43. The molecule has 2 aliphatic rings. The van der Waals surface area contributed by atoms with Gasteiger partial charge in [0.15, 0.2) is 5.13 Å². The lowest BCUT2D eigenvalue weighted by atomic mass is 9.79. The number of rotatable bonds is 6. The molecule has 0 bridgehead atoms. The first-order valence-electron chi connectivity index (χ1n) is 12.3. The van der Waals surface area contributed by atoms with Crippen molar-refractivity contribution in [3.05, 3.63) is 89.7 Å². The first kappa shape index (κ1) is 22.9. The third-order valence-corrected chi connectivity index (χ3v) is 8.18. The van der Waals surface area contributed by atoms with E-state index < -0.39 is 0 Å². The van der Waals surface area contributed by atoms with Gasteiger partial charge in [0.05, 0.1) is 15.8 Å². The van der Waals surface area contributed by atoms with Gasteiger partial charge in [0, 0.05) is 36.9 Å². The van der Waals surface area contributed by atoms with Crippen molar-refractivity contribution >= 4 is 38.4 Å². The summed E-state index contributed by atoms with van der Waals surface area (Å²) in [7, 11) is 0. The summed E-state index contributed by atoms with van der Waals surface area (Å²) in [5.41, 5.74) is 3.82. The Kier molecular flexibility index (Phi) is 6.07. The lowest BCUT2D eigenvalue weighted by molar-refractivity contribution is 0.133. The third-order valence-electron chi connectivity index (χ3n) is 7.23. The van der Waals surface area contributed by atoms with Crippen molar-refractivity contribution in [2.45, 2.75) is 30.8 Å². The van der Waals surface area contributed by atoms with Crippen LogP contribution in [0.25, 0.3) is 10.2 Å². The Morgan fingerprint density at radius 1 is 1.06 bits per heavy atom. The molecular formula is C28H28FN5OS. The van der Waals surface area contributed by atoms with E-state index in [1.807, 2.05) is 24.3 Å². The summed E-state index contributed by atoms with van der Waals surface area (Å²) in [5, 5.41) is 10.6. The number of anilines is 2. The normalized spacial score (nSPS) is 17.9. The maximum absolute atomic E-state index is 13.7. The number of nitrogens with zero attached hydrogens (tertiary/aromatic N) is 2. The van der Waals surface area contributed by atoms with E-state index in [4.69, 9.17) is 4.98 Å². The van der Waals surface area contributed by atoms with Crippen molar-refractivity contribution in [1.82, 2.24) is 15.2 Å². The lowest BCUT2D eigenvalue weighted by Crippen LogP contribution is -2.57. The van der Waals surface area contributed by atoms with Gasteiger partial charge in [-0.3, -0.25) is 0 Å². The highest BCUT2D eigenvalue weighted by Gasteiger charge is 2.42. The van der Waals surface area contributed by atoms with Crippen LogP contribution in [0.15, 0.2) is 72.8 Å². The Balaban J connectivity index is 1.19. The van der Waals surface area contributed by atoms with Gasteiger partial charge in [-0.15, -0.1) is 0 Å². The summed E-state index contributed by atoms with van der Waals surface area (Å²) < 4.78 is 14.5. The molecule has 0 radical (unpaired) electrons. The molecule has 3 aromatic carbocycles. The molecule has 36 heavy (non-hydrogen) atoms. The zero-order valence-corrected chi connectivity index (χ0v) is 20.7. The summed E-state index contributed by atoms with van der Waals surface area (Å²) in [6, 6.07) is 23.3. The van der Waals surface area contributed by atoms with Crippen molar-refractivity contribution in [2.75, 3.05) is 30.3 Å². The van der Waals surface area contributed by atoms with Gasteiger partial charge in [-0.25, -0.2) is 14.2 Å². The largest absolute Gasteiger partial charge is 0.357 e. The number of para-hydroxylation sites is 1. The van der Waals surface area contributed by atoms with Gasteiger partial charge < -0.3 is 20.9 Å². The van der Waals surface area contributed by atoms with Crippen LogP contribution in [0.2, 0.25) is 0 Å². The Morgan fingerprint density at radius 2 is 1.83 bits per heavy atom. The van der Waals surface area contributed by atoms with Crippen LogP contribution in [0.3, 0.4) is 0 Å². The average molecular weight is 502 g/mol. The number of hydrogen-bond acceptors (Lipinski definition) is 5. The van der Waals surface area contributed by atoms with Crippen LogP contribution in [0.4, 0.5) is 20.0 Å². The average Bonchev–Trinajstić information content (AvgIpc) is 3.27. The van der Waals surface area contributed by atoms with Crippen molar-refractivity contribution in [3.63, 3.8) is 0 Å². The molecule has 6 rings (SSSR count). The molecule has 6 nitrogen and oxygen atoms in total. The number of nitrogens with one attached hydrogen (secondary N) is 3. The molecule has 1 fully saturated rings. The topological polar surface area (TPSA) is 69.3 Å². The van der Waals surface area contributed by atoms with Gasteiger partial charge >= 0.3 is 6.03 Å². The number of fused-ring (bicyclic) bond motifs is 3. The van der Waals surface area contributed by atoms with E-state index in [9.17, 15) is 9.18 Å². The molecule has 1 aromatic heterocycles. The first-order valence-corrected chi connectivity index (χ1v) is 13.2. The zero-order chi connectivity index (χ0) is 24.5. The van der Waals surface area contributed by atoms with Crippen LogP contribution in [-0.4, -0.2) is 41.6 Å². The zero-order valence-electron chi connectivity index (χ0n) is 19.8. The SMILES string of the molecule is O=C1Nc2ccccc2C2(CCN(C[C@H](Cc3ccccc3)Nc3nc4ccc(F)cc4s3)CC2)N1. The molecule has 2 aliphatic heterocycles. The first-order chi connectivity index (χ1) is 17.6. The predicted octanol–water partition coefficient (Wildman–Crippen LogP) is 5.59. The van der Waals surface area contributed by atoms with E-state index in [0.717, 1.165) is 59.9 Å². The Labute approximate surface area is 213 Å². The highest BCUT2D eigenvalue weighted by Crippen LogP contribution is 2.39. The highest BCUT2D eigenvalue weighted by molar-refractivity contribution is 7.22. The maximum atomic E-state index is 13.7. The molecule has 3 heterocycles. The van der Waals surface area contributed by atoms with E-state index in [1.54, 1.807) is 12.1 Å². The van der Waals surface area contributed by atoms with Crippen LogP contribution in [0.1, 0.15) is 24.0 Å². The summed E-state index contributed by atoms with van der Waals surface area (Å²) in [6.45, 7) is 2.61. The number of likely N-dealkylation sites (tertiary alicyclic amines) is 1. The molecule has 1 saturated heterocycles. The number of halogens is 1. The summed E-state index contributed by atoms with van der Waals surface area (Å²) >= 11 is 1.49. The lowest BCUT2D eigenvalue weighted by Gasteiger charge is -2.46. The van der Waals surface area contributed by atoms with Crippen molar-refractivity contribution in [2.24, 2.45) is 0 Å². The second kappa shape index (κ2) is 9.52. The van der Waals surface area contributed by atoms with E-state index in [1.165, 1.54) is 28.5 Å². The molecule has 1 spiro atoms. The van der Waals surface area contributed by atoms with Gasteiger partial charge in [-0.2, -0.15) is 0 Å². The molecule has 184 valence electrons. The number of carbonyl (C=O) groups excluding carboxylic acids is 1. The summed E-state index contributed by atoms with van der Waals surface area (Å²) in [5.74, 6) is -0.243. The highest BCUT2D eigenvalue weighted by atomic mass is 32.1. The molecule has 3 N–H and O–H groups in total. The third kappa shape index (κ3) is 4.66. The van der Waals surface area contributed by atoms with Gasteiger partial charge in [0.25, 0.3) is 0 Å². The number of hydrogen-bond donors (Lipinski definition) is 3. The second-order valence-electron chi connectivity index (χ2n) is 9.67. The standard InChI is InChI=1S/C28H28FN5OS/c29-20-10-11-24-25(17-20)36-27(32-24)30-21(16-19-6-2-1-3-7-19)18-34-14-12-28(13-15-34)22-8-4-5-9-23(22)31-26(35)33-28/h1-11,17,21H,12-16,18H2,(H,30,32)(H2,31,33,35)/t21-/m0/s1. The number of carbonyl (C=O) groups is 1. The molecule has 0 unspecified atom stereocenters. The number of amides is 2. The Morgan fingerprint density at radius 3 is 2.67 bits per heavy atom. The number of urea groups is 1. The van der Waals surface area contributed by atoms with Gasteiger partial charge in [-0.05, 0) is 49.1 Å². The smallest absolute Gasteiger partial charge is 0.319 e. The quantitative estimate of drug-likeness (QED) is 0.322. The predicted molar refractivity (Wildman–Crippen MR) is 143 cm³/mol. The van der Waals surface area contributed by atoms with E-state index in [-0.39, 0.29) is 23.4 Å². The Hall–Kier alpha value is -3.49. The fraction of sp³-hybridized carbons (Fsp3) is 0.286. The van der Waals surface area contributed by atoms with Gasteiger partial charge in [0.1, 0.15) is 5.82 Å². The Bertz CT molecular complexity index is 1380. The van der Waals surface area contributed by atoms with E-state index in [0.29, 0.717) is 0 Å². The number of benzene rings is 3. The van der Waals surface area contributed by atoms with E-state index in [2.05, 4.69) is 51.2 Å². The number of aromatic nitrogens is 1. The molecule has 8 heteroatoms. The minimum Gasteiger partial charge on any atom is -0.357 e. The minimum absolute atomic E-state index is 0.127. The number of thiazole rings is 1. The molecule has 4 aromatic rings. The fourth-order valence-electron chi connectivity index (χ4n) is 5.47. The van der Waals surface area contributed by atoms with Crippen LogP contribution >= 0.6 is 11.3 Å².